The molecule has 1 aliphatic heterocycles. The molecule has 0 aliphatic carbocycles. The van der Waals surface area contributed by atoms with Crippen LogP contribution in [-0.4, -0.2) is 47.0 Å². The van der Waals surface area contributed by atoms with Gasteiger partial charge in [0.05, 0.1) is 11.7 Å². The van der Waals surface area contributed by atoms with E-state index in [4.69, 9.17) is 10.5 Å². The normalized spacial score (nSPS) is 19.8. The van der Waals surface area contributed by atoms with Crippen LogP contribution in [0.25, 0.3) is 0 Å². The van der Waals surface area contributed by atoms with Gasteiger partial charge in [0.25, 0.3) is 5.91 Å². The molecule has 8 heteroatoms. The predicted octanol–water partition coefficient (Wildman–Crippen LogP) is 2.15. The number of nitrogens with two attached hydrogens (primary N) is 1. The van der Waals surface area contributed by atoms with E-state index < -0.39 is 12.1 Å². The maximum atomic E-state index is 12.9. The molecular weight excluding hydrogens is 376 g/mol. The first-order chi connectivity index (χ1) is 13.5. The van der Waals surface area contributed by atoms with Crippen molar-refractivity contribution in [2.24, 2.45) is 0 Å². The minimum atomic E-state index is -0.739. The van der Waals surface area contributed by atoms with Gasteiger partial charge in [-0.3, -0.25) is 9.59 Å². The van der Waals surface area contributed by atoms with Crippen molar-refractivity contribution in [1.29, 1.82) is 0 Å². The van der Waals surface area contributed by atoms with Gasteiger partial charge in [-0.25, -0.2) is 4.98 Å². The van der Waals surface area contributed by atoms with E-state index in [-0.39, 0.29) is 24.5 Å². The second-order valence-electron chi connectivity index (χ2n) is 7.05. The molecule has 1 fully saturated rings. The SMILES string of the molecule is CC(C)N1C(=O)CO[C@H](C(=O)NCCCc2csc(N)n2)[C@H]1c1ccccc1. The van der Waals surface area contributed by atoms with Crippen LogP contribution in [0.3, 0.4) is 0 Å². The van der Waals surface area contributed by atoms with Crippen molar-refractivity contribution >= 4 is 28.3 Å². The van der Waals surface area contributed by atoms with E-state index in [1.165, 1.54) is 11.3 Å². The molecule has 0 unspecified atom stereocenters. The highest BCUT2D eigenvalue weighted by Crippen LogP contribution is 2.32. The number of nitrogens with one attached hydrogen (secondary N) is 1. The lowest BCUT2D eigenvalue weighted by Crippen LogP contribution is -2.56. The van der Waals surface area contributed by atoms with Crippen molar-refractivity contribution in [2.75, 3.05) is 18.9 Å². The molecule has 28 heavy (non-hydrogen) atoms. The average Bonchev–Trinajstić information content (AvgIpc) is 3.10. The maximum absolute atomic E-state index is 12.9. The Morgan fingerprint density at radius 1 is 1.39 bits per heavy atom. The van der Waals surface area contributed by atoms with E-state index in [1.807, 2.05) is 49.6 Å². The molecule has 1 aromatic carbocycles. The number of thiazole rings is 1. The number of nitrogen functional groups attached to an aromatic ring is 1. The Labute approximate surface area is 168 Å². The summed E-state index contributed by atoms with van der Waals surface area (Å²) in [4.78, 5) is 31.3. The Morgan fingerprint density at radius 3 is 2.79 bits per heavy atom. The van der Waals surface area contributed by atoms with Crippen molar-refractivity contribution in [2.45, 2.75) is 44.9 Å². The van der Waals surface area contributed by atoms with E-state index in [9.17, 15) is 9.59 Å². The lowest BCUT2D eigenvalue weighted by Gasteiger charge is -2.42. The molecule has 2 heterocycles. The topological polar surface area (TPSA) is 97.5 Å². The van der Waals surface area contributed by atoms with Crippen LogP contribution in [0.5, 0.6) is 0 Å². The van der Waals surface area contributed by atoms with Gasteiger partial charge in [0, 0.05) is 18.0 Å². The van der Waals surface area contributed by atoms with Gasteiger partial charge >= 0.3 is 0 Å². The zero-order chi connectivity index (χ0) is 20.1. The third-order valence-electron chi connectivity index (χ3n) is 4.70. The highest BCUT2D eigenvalue weighted by Gasteiger charge is 2.42. The zero-order valence-electron chi connectivity index (χ0n) is 16.1. The van der Waals surface area contributed by atoms with Gasteiger partial charge < -0.3 is 20.7 Å². The highest BCUT2D eigenvalue weighted by atomic mass is 32.1. The van der Waals surface area contributed by atoms with E-state index in [0.29, 0.717) is 11.7 Å². The quantitative estimate of drug-likeness (QED) is 0.692. The summed E-state index contributed by atoms with van der Waals surface area (Å²) in [6, 6.07) is 9.09. The smallest absolute Gasteiger partial charge is 0.251 e. The van der Waals surface area contributed by atoms with Crippen LogP contribution in [0, 0.1) is 0 Å². The molecule has 0 radical (unpaired) electrons. The summed E-state index contributed by atoms with van der Waals surface area (Å²) in [5, 5.41) is 5.43. The minimum Gasteiger partial charge on any atom is -0.375 e. The van der Waals surface area contributed by atoms with E-state index in [0.717, 1.165) is 24.1 Å². The molecule has 7 nitrogen and oxygen atoms in total. The Morgan fingerprint density at radius 2 is 2.14 bits per heavy atom. The molecule has 3 rings (SSSR count). The van der Waals surface area contributed by atoms with Crippen LogP contribution in [0.4, 0.5) is 5.13 Å². The molecule has 150 valence electrons. The van der Waals surface area contributed by atoms with E-state index in [2.05, 4.69) is 10.3 Å². The van der Waals surface area contributed by atoms with E-state index >= 15 is 0 Å². The monoisotopic (exact) mass is 402 g/mol. The number of nitrogens with zero attached hydrogens (tertiary/aromatic N) is 2. The van der Waals surface area contributed by atoms with Crippen LogP contribution in [0.15, 0.2) is 35.7 Å². The summed E-state index contributed by atoms with van der Waals surface area (Å²) >= 11 is 1.41. The molecule has 0 spiro atoms. The van der Waals surface area contributed by atoms with Crippen LogP contribution < -0.4 is 11.1 Å². The molecule has 1 aliphatic rings. The summed E-state index contributed by atoms with van der Waals surface area (Å²) in [5.41, 5.74) is 7.46. The van der Waals surface area contributed by atoms with Gasteiger partial charge in [-0.2, -0.15) is 0 Å². The van der Waals surface area contributed by atoms with Gasteiger partial charge in [-0.05, 0) is 32.3 Å². The van der Waals surface area contributed by atoms with Crippen LogP contribution in [0.1, 0.15) is 37.6 Å². The number of benzene rings is 1. The fourth-order valence-electron chi connectivity index (χ4n) is 3.46. The van der Waals surface area contributed by atoms with Gasteiger partial charge in [0.2, 0.25) is 5.91 Å². The average molecular weight is 403 g/mol. The van der Waals surface area contributed by atoms with Crippen molar-refractivity contribution in [3.8, 4) is 0 Å². The number of carbonyl (C=O) groups is 2. The largest absolute Gasteiger partial charge is 0.375 e. The molecule has 2 atom stereocenters. The summed E-state index contributed by atoms with van der Waals surface area (Å²) in [6.07, 6.45) is 0.764. The lowest BCUT2D eigenvalue weighted by atomic mass is 9.95. The number of rotatable bonds is 7. The first-order valence-corrected chi connectivity index (χ1v) is 10.3. The molecule has 3 N–H and O–H groups in total. The molecule has 1 saturated heterocycles. The summed E-state index contributed by atoms with van der Waals surface area (Å²) < 4.78 is 5.69. The zero-order valence-corrected chi connectivity index (χ0v) is 16.9. The van der Waals surface area contributed by atoms with Gasteiger partial charge in [-0.1, -0.05) is 30.3 Å². The second kappa shape index (κ2) is 9.16. The standard InChI is InChI=1S/C20H26N4O3S/c1-13(2)24-16(25)11-27-18(17(24)14-7-4-3-5-8-14)19(26)22-10-6-9-15-12-28-20(21)23-15/h3-5,7-8,12-13,17-18H,6,9-11H2,1-2H3,(H2,21,23)(H,22,26)/t17-,18+/m1/s1. The number of aromatic nitrogens is 1. The first-order valence-electron chi connectivity index (χ1n) is 9.42. The number of morpholine rings is 1. The first kappa shape index (κ1) is 20.3. The molecular formula is C20H26N4O3S. The number of amides is 2. The highest BCUT2D eigenvalue weighted by molar-refractivity contribution is 7.13. The third kappa shape index (κ3) is 4.69. The molecule has 0 saturated carbocycles. The minimum absolute atomic E-state index is 0.0352. The number of carbonyl (C=O) groups excluding carboxylic acids is 2. The maximum Gasteiger partial charge on any atom is 0.251 e. The molecule has 2 aromatic rings. The van der Waals surface area contributed by atoms with Crippen LogP contribution in [-0.2, 0) is 20.7 Å². The third-order valence-corrected chi connectivity index (χ3v) is 5.42. The summed E-state index contributed by atoms with van der Waals surface area (Å²) in [5.74, 6) is -0.307. The fraction of sp³-hybridized carbons (Fsp3) is 0.450. The number of ether oxygens (including phenoxy) is 1. The lowest BCUT2D eigenvalue weighted by molar-refractivity contribution is -0.167. The van der Waals surface area contributed by atoms with Crippen molar-refractivity contribution in [1.82, 2.24) is 15.2 Å². The van der Waals surface area contributed by atoms with Crippen LogP contribution >= 0.6 is 11.3 Å². The number of hydrogen-bond acceptors (Lipinski definition) is 6. The number of anilines is 1. The molecule has 0 bridgehead atoms. The van der Waals surface area contributed by atoms with Gasteiger partial charge in [0.1, 0.15) is 6.61 Å². The second-order valence-corrected chi connectivity index (χ2v) is 7.94. The Kier molecular flexibility index (Phi) is 6.64. The number of aryl methyl sites for hydroxylation is 1. The fourth-order valence-corrected chi connectivity index (χ4v) is 4.06. The van der Waals surface area contributed by atoms with Gasteiger partial charge in [-0.15, -0.1) is 11.3 Å². The van der Waals surface area contributed by atoms with Crippen molar-refractivity contribution < 1.29 is 14.3 Å². The summed E-state index contributed by atoms with van der Waals surface area (Å²) in [7, 11) is 0. The Balaban J connectivity index is 1.67. The number of hydrogen-bond donors (Lipinski definition) is 2. The van der Waals surface area contributed by atoms with Crippen LogP contribution in [0.2, 0.25) is 0 Å². The molecule has 1 aromatic heterocycles. The Bertz CT molecular complexity index is 809. The summed E-state index contributed by atoms with van der Waals surface area (Å²) in [6.45, 7) is 4.33. The Hall–Kier alpha value is -2.45. The predicted molar refractivity (Wildman–Crippen MR) is 109 cm³/mol. The van der Waals surface area contributed by atoms with E-state index in [1.54, 1.807) is 4.90 Å². The van der Waals surface area contributed by atoms with Gasteiger partial charge in [0.15, 0.2) is 11.2 Å². The van der Waals surface area contributed by atoms with Crippen molar-refractivity contribution in [3.63, 3.8) is 0 Å². The van der Waals surface area contributed by atoms with Crippen molar-refractivity contribution in [3.05, 3.63) is 47.0 Å². The molecule has 2 amide bonds.